The molecule has 0 amide bonds. The quantitative estimate of drug-likeness (QED) is 0.128. The molecule has 0 saturated heterocycles. The molecule has 0 aliphatic heterocycles. The van der Waals surface area contributed by atoms with Crippen molar-refractivity contribution < 1.29 is 20.4 Å². The molecule has 0 atom stereocenters. The summed E-state index contributed by atoms with van der Waals surface area (Å²) in [5.41, 5.74) is 7.02. The summed E-state index contributed by atoms with van der Waals surface area (Å²) in [6.45, 7) is 13.9. The van der Waals surface area contributed by atoms with Crippen LogP contribution >= 0.6 is 37.2 Å². The first-order chi connectivity index (χ1) is 19.2. The second-order valence-electron chi connectivity index (χ2n) is 12.1. The maximum absolute atomic E-state index is 2.71. The minimum Gasteiger partial charge on any atom is -0.147 e. The van der Waals surface area contributed by atoms with Crippen molar-refractivity contribution in [2.24, 2.45) is 0 Å². The zero-order valence-electron chi connectivity index (χ0n) is 26.1. The molecule has 0 radical (unpaired) electrons. The number of benzene rings is 4. The van der Waals surface area contributed by atoms with E-state index in [0.717, 1.165) is 6.42 Å². The largest absolute Gasteiger partial charge is 0.147 e. The molecular formula is C38H44Cl3SiTi. The zero-order chi connectivity index (χ0) is 28.4. The van der Waals surface area contributed by atoms with Crippen molar-refractivity contribution in [2.45, 2.75) is 65.7 Å². The van der Waals surface area contributed by atoms with Crippen LogP contribution in [0.3, 0.4) is 0 Å². The van der Waals surface area contributed by atoms with Gasteiger partial charge in [0.05, 0.1) is 0 Å². The summed E-state index contributed by atoms with van der Waals surface area (Å²) in [6, 6.07) is 39.9. The molecule has 0 bridgehead atoms. The molecule has 0 saturated carbocycles. The first-order valence-electron chi connectivity index (χ1n) is 14.8. The molecule has 1 aliphatic rings. The summed E-state index contributed by atoms with van der Waals surface area (Å²) >= 11 is 2.34. The maximum atomic E-state index is 2.58. The van der Waals surface area contributed by atoms with Crippen LogP contribution in [0.4, 0.5) is 0 Å². The molecule has 0 aromatic heterocycles. The number of allylic oxidation sites excluding steroid dienone is 4. The van der Waals surface area contributed by atoms with Gasteiger partial charge in [0.15, 0.2) is 0 Å². The van der Waals surface area contributed by atoms with Crippen molar-refractivity contribution in [1.82, 2.24) is 0 Å². The number of hydrogen-bond donors (Lipinski definition) is 0. The first kappa shape index (κ1) is 37.3. The van der Waals surface area contributed by atoms with E-state index >= 15 is 0 Å². The van der Waals surface area contributed by atoms with Gasteiger partial charge in [-0.3, -0.25) is 0 Å². The van der Waals surface area contributed by atoms with Crippen molar-refractivity contribution in [3.05, 3.63) is 141 Å². The van der Waals surface area contributed by atoms with E-state index in [1.54, 1.807) is 5.20 Å². The number of hydrogen-bond acceptors (Lipinski definition) is 0. The van der Waals surface area contributed by atoms with E-state index in [0.29, 0.717) is 17.8 Å². The second-order valence-corrected chi connectivity index (χ2v) is 16.8. The summed E-state index contributed by atoms with van der Waals surface area (Å²) in [5, 5.41) is 5.98. The molecule has 1 aliphatic carbocycles. The van der Waals surface area contributed by atoms with Gasteiger partial charge in [0.1, 0.15) is 0 Å². The van der Waals surface area contributed by atoms with Gasteiger partial charge in [0, 0.05) is 0 Å². The summed E-state index contributed by atoms with van der Waals surface area (Å²) in [6.07, 6.45) is 3.59. The van der Waals surface area contributed by atoms with E-state index in [1.807, 2.05) is 0 Å². The molecule has 4 aromatic rings. The SMILES string of the molecule is CC(C)c1cccc([Si](C2=CC[C]([Ti])=C2c2ccccc2)(c2cccc(C(C)C)c2)c2cccc(C(C)C)c2)c1.Cl.Cl.Cl. The first-order valence-corrected chi connectivity index (χ1v) is 17.5. The summed E-state index contributed by atoms with van der Waals surface area (Å²) in [7, 11) is -2.71. The standard InChI is InChI=1S/C38H41Si.3ClH.Ti/c1-27(2)31-16-10-19-34(24-31)39(35-20-11-17-32(25-35)28(3)4,36-21-12-18-33(26-36)29(5)6)38-23-13-22-37(38)30-14-8-7-9-15-30;;;;/h7-12,14-21,23-29H,13H2,1-6H3;3*1H;. The molecule has 4 aromatic carbocycles. The third kappa shape index (κ3) is 7.36. The number of halogens is 3. The summed E-state index contributed by atoms with van der Waals surface area (Å²) < 4.78 is 1.47. The van der Waals surface area contributed by atoms with Gasteiger partial charge >= 0.3 is 256 Å². The van der Waals surface area contributed by atoms with Crippen LogP contribution in [0.2, 0.25) is 0 Å². The summed E-state index contributed by atoms with van der Waals surface area (Å²) in [4.78, 5) is 0. The molecule has 5 heteroatoms. The fourth-order valence-electron chi connectivity index (χ4n) is 6.21. The Labute approximate surface area is 291 Å². The molecule has 0 nitrogen and oxygen atoms in total. The van der Waals surface area contributed by atoms with Crippen LogP contribution in [0.1, 0.15) is 88.0 Å². The molecule has 225 valence electrons. The van der Waals surface area contributed by atoms with Gasteiger partial charge in [-0.15, -0.1) is 37.2 Å². The van der Waals surface area contributed by atoms with Crippen molar-refractivity contribution in [1.29, 1.82) is 0 Å². The van der Waals surface area contributed by atoms with E-state index in [9.17, 15) is 0 Å². The Balaban J connectivity index is 0.00000215. The Kier molecular flexibility index (Phi) is 13.8. The van der Waals surface area contributed by atoms with Crippen LogP contribution in [0.15, 0.2) is 118 Å². The molecule has 0 unspecified atom stereocenters. The normalized spacial score (nSPS) is 13.0. The average molecular weight is 683 g/mol. The van der Waals surface area contributed by atoms with Crippen molar-refractivity contribution in [3.63, 3.8) is 0 Å². The molecule has 0 heterocycles. The van der Waals surface area contributed by atoms with E-state index in [4.69, 9.17) is 0 Å². The third-order valence-electron chi connectivity index (χ3n) is 8.51. The van der Waals surface area contributed by atoms with Gasteiger partial charge in [0.2, 0.25) is 0 Å². The molecule has 43 heavy (non-hydrogen) atoms. The molecular weight excluding hydrogens is 639 g/mol. The Hall–Kier alpha value is -1.84. The fraction of sp³-hybridized carbons (Fsp3) is 0.263. The summed E-state index contributed by atoms with van der Waals surface area (Å²) in [5.74, 6) is 1.41. The molecule has 0 fully saturated rings. The van der Waals surface area contributed by atoms with Crippen LogP contribution < -0.4 is 15.6 Å². The van der Waals surface area contributed by atoms with Crippen LogP contribution in [-0.2, 0) is 20.4 Å². The minimum absolute atomic E-state index is 0. The van der Waals surface area contributed by atoms with Crippen LogP contribution in [-0.4, -0.2) is 8.07 Å². The molecule has 0 spiro atoms. The van der Waals surface area contributed by atoms with Crippen LogP contribution in [0, 0.1) is 0 Å². The van der Waals surface area contributed by atoms with Gasteiger partial charge < -0.3 is 0 Å². The Bertz CT molecular complexity index is 1450. The fourth-order valence-corrected chi connectivity index (χ4v) is 12.2. The van der Waals surface area contributed by atoms with Gasteiger partial charge in [-0.25, -0.2) is 0 Å². The van der Waals surface area contributed by atoms with E-state index < -0.39 is 8.07 Å². The van der Waals surface area contributed by atoms with Crippen molar-refractivity contribution in [2.75, 3.05) is 0 Å². The second kappa shape index (κ2) is 15.9. The Morgan fingerprint density at radius 2 is 0.930 bits per heavy atom. The Morgan fingerprint density at radius 3 is 1.30 bits per heavy atom. The van der Waals surface area contributed by atoms with E-state index in [2.05, 4.69) is 171 Å². The van der Waals surface area contributed by atoms with Gasteiger partial charge in [0.25, 0.3) is 0 Å². The predicted molar refractivity (Wildman–Crippen MR) is 194 cm³/mol. The average Bonchev–Trinajstić information content (AvgIpc) is 3.35. The third-order valence-corrected chi connectivity index (χ3v) is 14.0. The van der Waals surface area contributed by atoms with E-state index in [-0.39, 0.29) is 37.2 Å². The van der Waals surface area contributed by atoms with E-state index in [1.165, 1.54) is 47.3 Å². The predicted octanol–water partition coefficient (Wildman–Crippen LogP) is 9.62. The monoisotopic (exact) mass is 681 g/mol. The van der Waals surface area contributed by atoms with Gasteiger partial charge in [-0.1, -0.05) is 0 Å². The van der Waals surface area contributed by atoms with Crippen LogP contribution in [0.5, 0.6) is 0 Å². The van der Waals surface area contributed by atoms with Crippen molar-refractivity contribution >= 4 is 66.4 Å². The van der Waals surface area contributed by atoms with Gasteiger partial charge in [-0.05, 0) is 0 Å². The number of rotatable bonds is 8. The maximum Gasteiger partial charge on any atom is -0.147 e. The van der Waals surface area contributed by atoms with Crippen molar-refractivity contribution in [3.8, 4) is 0 Å². The molecule has 0 N–H and O–H groups in total. The zero-order valence-corrected chi connectivity index (χ0v) is 31.1. The minimum atomic E-state index is -2.71. The Morgan fingerprint density at radius 1 is 0.535 bits per heavy atom. The smallest absolute Gasteiger partial charge is 0.147 e. The molecule has 5 rings (SSSR count). The van der Waals surface area contributed by atoms with Crippen LogP contribution in [0.25, 0.3) is 5.57 Å². The van der Waals surface area contributed by atoms with Gasteiger partial charge in [-0.2, -0.15) is 0 Å². The topological polar surface area (TPSA) is 0 Å².